The summed E-state index contributed by atoms with van der Waals surface area (Å²) in [6.07, 6.45) is 9.98. The lowest BCUT2D eigenvalue weighted by atomic mass is 9.78. The summed E-state index contributed by atoms with van der Waals surface area (Å²) < 4.78 is 5.04. The first-order valence-electron chi connectivity index (χ1n) is 8.76. The number of benzene rings is 1. The molecule has 0 aliphatic heterocycles. The molecule has 1 aromatic heterocycles. The molecule has 24 heavy (non-hydrogen) atoms. The van der Waals surface area contributed by atoms with Crippen LogP contribution in [0.5, 0.6) is 5.75 Å². The lowest BCUT2D eigenvalue weighted by Gasteiger charge is -2.28. The Labute approximate surface area is 144 Å². The van der Waals surface area contributed by atoms with Crippen molar-refractivity contribution in [2.75, 3.05) is 7.11 Å². The van der Waals surface area contributed by atoms with Crippen LogP contribution in [0.25, 0.3) is 0 Å². The Kier molecular flexibility index (Phi) is 5.48. The summed E-state index contributed by atoms with van der Waals surface area (Å²) in [5.74, 6) is 8.94. The molecule has 0 saturated heterocycles. The Morgan fingerprint density at radius 2 is 1.67 bits per heavy atom. The molecule has 3 heteroatoms. The normalized spacial score (nSPS) is 20.1. The van der Waals surface area contributed by atoms with Crippen LogP contribution in [0.4, 0.5) is 0 Å². The minimum atomic E-state index is 0.512. The molecule has 0 bridgehead atoms. The largest absolute Gasteiger partial charge is 0.494 e. The molecule has 0 spiro atoms. The highest BCUT2D eigenvalue weighted by Crippen LogP contribution is 2.36. The summed E-state index contributed by atoms with van der Waals surface area (Å²) >= 11 is 0. The van der Waals surface area contributed by atoms with Crippen molar-refractivity contribution in [1.29, 1.82) is 0 Å². The molecule has 1 aliphatic carbocycles. The molecule has 1 aliphatic rings. The van der Waals surface area contributed by atoms with Crippen LogP contribution >= 0.6 is 0 Å². The standard InChI is InChI=1S/C21H24N2O/c1-3-16-4-9-18(10-5-16)19-11-6-17(7-12-19)8-13-21-22-14-20(24-2)15-23-21/h6-7,11-12,14-16,18H,3-5,9-10H2,1-2H3. The SMILES string of the molecule is CCC1CCC(c2ccc(C#Cc3ncc(OC)cn3)cc2)CC1. The van der Waals surface area contributed by atoms with E-state index in [0.29, 0.717) is 11.6 Å². The quantitative estimate of drug-likeness (QED) is 0.777. The molecule has 3 rings (SSSR count). The van der Waals surface area contributed by atoms with E-state index < -0.39 is 0 Å². The minimum absolute atomic E-state index is 0.512. The fraction of sp³-hybridized carbons (Fsp3) is 0.429. The van der Waals surface area contributed by atoms with E-state index >= 15 is 0 Å². The van der Waals surface area contributed by atoms with Crippen molar-refractivity contribution in [2.45, 2.75) is 44.9 Å². The van der Waals surface area contributed by atoms with Crippen LogP contribution in [0.2, 0.25) is 0 Å². The zero-order chi connectivity index (χ0) is 16.8. The second-order valence-electron chi connectivity index (χ2n) is 6.44. The van der Waals surface area contributed by atoms with Crippen LogP contribution in [0.1, 0.15) is 61.9 Å². The van der Waals surface area contributed by atoms with E-state index in [1.165, 1.54) is 37.7 Å². The third kappa shape index (κ3) is 4.14. The summed E-state index contributed by atoms with van der Waals surface area (Å²) in [7, 11) is 1.60. The van der Waals surface area contributed by atoms with E-state index in [2.05, 4.69) is 53.0 Å². The lowest BCUT2D eigenvalue weighted by molar-refractivity contribution is 0.319. The zero-order valence-corrected chi connectivity index (χ0v) is 14.5. The third-order valence-electron chi connectivity index (χ3n) is 4.99. The van der Waals surface area contributed by atoms with Gasteiger partial charge < -0.3 is 4.74 Å². The highest BCUT2D eigenvalue weighted by molar-refractivity contribution is 5.40. The highest BCUT2D eigenvalue weighted by Gasteiger charge is 2.20. The van der Waals surface area contributed by atoms with Gasteiger partial charge in [0.2, 0.25) is 5.82 Å². The van der Waals surface area contributed by atoms with Crippen LogP contribution in [0.3, 0.4) is 0 Å². The molecule has 0 atom stereocenters. The van der Waals surface area contributed by atoms with Gasteiger partial charge in [-0.15, -0.1) is 0 Å². The first-order valence-corrected chi connectivity index (χ1v) is 8.76. The van der Waals surface area contributed by atoms with E-state index in [1.807, 2.05) is 0 Å². The number of hydrogen-bond acceptors (Lipinski definition) is 3. The van der Waals surface area contributed by atoms with Crippen molar-refractivity contribution in [3.63, 3.8) is 0 Å². The van der Waals surface area contributed by atoms with Crippen molar-refractivity contribution in [3.05, 3.63) is 53.6 Å². The van der Waals surface area contributed by atoms with Gasteiger partial charge in [0, 0.05) is 5.56 Å². The summed E-state index contributed by atoms with van der Waals surface area (Å²) in [6, 6.07) is 8.68. The van der Waals surface area contributed by atoms with Gasteiger partial charge in [0.25, 0.3) is 0 Å². The molecule has 124 valence electrons. The number of aromatic nitrogens is 2. The van der Waals surface area contributed by atoms with Gasteiger partial charge in [-0.1, -0.05) is 31.4 Å². The number of hydrogen-bond donors (Lipinski definition) is 0. The third-order valence-corrected chi connectivity index (χ3v) is 4.99. The number of rotatable bonds is 3. The van der Waals surface area contributed by atoms with E-state index in [4.69, 9.17) is 4.74 Å². The van der Waals surface area contributed by atoms with Crippen molar-refractivity contribution in [2.24, 2.45) is 5.92 Å². The molecule has 1 fully saturated rings. The van der Waals surface area contributed by atoms with E-state index in [1.54, 1.807) is 19.5 Å². The summed E-state index contributed by atoms with van der Waals surface area (Å²) in [5.41, 5.74) is 2.45. The molecule has 2 aromatic rings. The van der Waals surface area contributed by atoms with Crippen LogP contribution < -0.4 is 4.74 Å². The average Bonchev–Trinajstić information content (AvgIpc) is 2.67. The van der Waals surface area contributed by atoms with E-state index in [9.17, 15) is 0 Å². The molecule has 0 amide bonds. The Bertz CT molecular complexity index is 702. The van der Waals surface area contributed by atoms with Gasteiger partial charge in [0.05, 0.1) is 19.5 Å². The molecule has 1 saturated carbocycles. The second-order valence-corrected chi connectivity index (χ2v) is 6.44. The Morgan fingerprint density at radius 3 is 2.25 bits per heavy atom. The smallest absolute Gasteiger partial charge is 0.205 e. The molecule has 1 heterocycles. The van der Waals surface area contributed by atoms with Crippen LogP contribution in [-0.4, -0.2) is 17.1 Å². The molecule has 0 unspecified atom stereocenters. The molecular weight excluding hydrogens is 296 g/mol. The average molecular weight is 320 g/mol. The van der Waals surface area contributed by atoms with Crippen molar-refractivity contribution in [1.82, 2.24) is 9.97 Å². The summed E-state index contributed by atoms with van der Waals surface area (Å²) in [5, 5.41) is 0. The fourth-order valence-corrected chi connectivity index (χ4v) is 3.36. The maximum absolute atomic E-state index is 5.04. The molecule has 1 aromatic carbocycles. The maximum Gasteiger partial charge on any atom is 0.205 e. The number of nitrogens with zero attached hydrogens (tertiary/aromatic N) is 2. The van der Waals surface area contributed by atoms with Gasteiger partial charge in [-0.05, 0) is 61.1 Å². The van der Waals surface area contributed by atoms with Gasteiger partial charge in [0.1, 0.15) is 0 Å². The molecular formula is C21H24N2O. The minimum Gasteiger partial charge on any atom is -0.494 e. The fourth-order valence-electron chi connectivity index (χ4n) is 3.36. The van der Waals surface area contributed by atoms with Crippen LogP contribution in [0, 0.1) is 17.8 Å². The van der Waals surface area contributed by atoms with Gasteiger partial charge >= 0.3 is 0 Å². The first-order chi connectivity index (χ1) is 11.8. The first kappa shape index (κ1) is 16.5. The van der Waals surface area contributed by atoms with Gasteiger partial charge in [0.15, 0.2) is 5.75 Å². The highest BCUT2D eigenvalue weighted by atomic mass is 16.5. The Balaban J connectivity index is 1.63. The summed E-state index contributed by atoms with van der Waals surface area (Å²) in [4.78, 5) is 8.32. The number of methoxy groups -OCH3 is 1. The molecule has 3 nitrogen and oxygen atoms in total. The van der Waals surface area contributed by atoms with Crippen molar-refractivity contribution in [3.8, 4) is 17.6 Å². The lowest BCUT2D eigenvalue weighted by Crippen LogP contribution is -2.12. The van der Waals surface area contributed by atoms with E-state index in [-0.39, 0.29) is 0 Å². The van der Waals surface area contributed by atoms with Crippen molar-refractivity contribution >= 4 is 0 Å². The maximum atomic E-state index is 5.04. The molecule has 0 N–H and O–H groups in total. The second kappa shape index (κ2) is 7.97. The van der Waals surface area contributed by atoms with E-state index in [0.717, 1.165) is 17.4 Å². The monoisotopic (exact) mass is 320 g/mol. The summed E-state index contributed by atoms with van der Waals surface area (Å²) in [6.45, 7) is 2.31. The van der Waals surface area contributed by atoms with Gasteiger partial charge in [-0.2, -0.15) is 0 Å². The molecule has 0 radical (unpaired) electrons. The predicted molar refractivity (Wildman–Crippen MR) is 96.0 cm³/mol. The number of ether oxygens (including phenoxy) is 1. The zero-order valence-electron chi connectivity index (χ0n) is 14.5. The van der Waals surface area contributed by atoms with Crippen LogP contribution in [-0.2, 0) is 0 Å². The Hall–Kier alpha value is -2.34. The van der Waals surface area contributed by atoms with Crippen molar-refractivity contribution < 1.29 is 4.74 Å². The topological polar surface area (TPSA) is 35.0 Å². The van der Waals surface area contributed by atoms with Crippen LogP contribution in [0.15, 0.2) is 36.7 Å². The van der Waals surface area contributed by atoms with Gasteiger partial charge in [-0.3, -0.25) is 0 Å². The Morgan fingerprint density at radius 1 is 1.00 bits per heavy atom. The predicted octanol–water partition coefficient (Wildman–Crippen LogP) is 4.57. The van der Waals surface area contributed by atoms with Gasteiger partial charge in [-0.25, -0.2) is 9.97 Å².